The van der Waals surface area contributed by atoms with Crippen LogP contribution in [0.15, 0.2) is 183 Å². The SMILES string of the molecule is COc1ccccc1NC(=O)c1c(NC(=O)C(N)CCCCN)cccc1Sc1ccc([N+](=O)[O-])cc1.COc1ccccc1NC(=O)c1c(NC(=O)C(N)Cc2ccccc2)cccc1S(=O)(=O)c1ccc(C)cc1.Cl.Cl. The molecule has 10 N–H and O–H groups in total. The summed E-state index contributed by atoms with van der Waals surface area (Å²) in [5.74, 6) is -1.32. The highest BCUT2D eigenvalue weighted by Gasteiger charge is 2.29. The lowest BCUT2D eigenvalue weighted by Gasteiger charge is -2.18. The first-order valence-corrected chi connectivity index (χ1v) is 26.1. The van der Waals surface area contributed by atoms with Crippen molar-refractivity contribution >= 4 is 98.5 Å². The number of unbranched alkanes of at least 4 members (excludes halogenated alkanes) is 1. The van der Waals surface area contributed by atoms with E-state index in [9.17, 15) is 37.7 Å². The van der Waals surface area contributed by atoms with Crippen LogP contribution in [0, 0.1) is 17.0 Å². The highest BCUT2D eigenvalue weighted by Crippen LogP contribution is 2.37. The van der Waals surface area contributed by atoms with E-state index in [1.54, 1.807) is 91.0 Å². The highest BCUT2D eigenvalue weighted by molar-refractivity contribution is 7.99. The average molecular weight is 1140 g/mol. The zero-order valence-corrected chi connectivity index (χ0v) is 45.9. The lowest BCUT2D eigenvalue weighted by molar-refractivity contribution is -0.384. The number of non-ortho nitro benzene ring substituents is 1. The van der Waals surface area contributed by atoms with E-state index in [2.05, 4.69) is 21.3 Å². The summed E-state index contributed by atoms with van der Waals surface area (Å²) in [6, 6.07) is 42.9. The van der Waals surface area contributed by atoms with Gasteiger partial charge in [0.1, 0.15) is 11.5 Å². The summed E-state index contributed by atoms with van der Waals surface area (Å²) < 4.78 is 38.1. The van der Waals surface area contributed by atoms with E-state index in [0.29, 0.717) is 57.7 Å². The molecule has 7 aromatic rings. The Morgan fingerprint density at radius 3 is 1.65 bits per heavy atom. The number of nitrogens with one attached hydrogen (secondary N) is 4. The topological polar surface area (TPSA) is 290 Å². The first kappa shape index (κ1) is 62.7. The van der Waals surface area contributed by atoms with Gasteiger partial charge in [-0.3, -0.25) is 29.3 Å². The number of aryl methyl sites for hydroxylation is 1. The molecule has 0 aliphatic rings. The highest BCUT2D eigenvalue weighted by atomic mass is 35.5. The second kappa shape index (κ2) is 30.2. The normalized spacial score (nSPS) is 11.4. The second-order valence-electron chi connectivity index (χ2n) is 17.0. The molecular weight excluding hydrogens is 1080 g/mol. The number of rotatable bonds is 21. The Morgan fingerprint density at radius 2 is 1.10 bits per heavy atom. The predicted octanol–water partition coefficient (Wildman–Crippen LogP) is 9.84. The molecule has 7 rings (SSSR count). The number of nitrogens with two attached hydrogens (primary N) is 3. The van der Waals surface area contributed by atoms with E-state index in [-0.39, 0.29) is 63.5 Å². The fourth-order valence-electron chi connectivity index (χ4n) is 7.57. The molecule has 2 unspecified atom stereocenters. The van der Waals surface area contributed by atoms with Gasteiger partial charge in [0.05, 0.1) is 74.9 Å². The van der Waals surface area contributed by atoms with Crippen molar-refractivity contribution < 1.29 is 42.0 Å². The number of nitro benzene ring substituents is 1. The lowest BCUT2D eigenvalue weighted by atomic mass is 10.1. The molecule has 0 aliphatic carbocycles. The minimum Gasteiger partial charge on any atom is -0.495 e. The number of sulfone groups is 1. The van der Waals surface area contributed by atoms with Crippen molar-refractivity contribution in [1.29, 1.82) is 0 Å². The zero-order valence-electron chi connectivity index (χ0n) is 42.7. The third-order valence-corrected chi connectivity index (χ3v) is 14.5. The van der Waals surface area contributed by atoms with Crippen molar-refractivity contribution in [3.63, 3.8) is 0 Å². The van der Waals surface area contributed by atoms with E-state index >= 15 is 0 Å². The summed E-state index contributed by atoms with van der Waals surface area (Å²) in [6.07, 6.45) is 2.19. The van der Waals surface area contributed by atoms with E-state index in [1.807, 2.05) is 37.3 Å². The first-order valence-electron chi connectivity index (χ1n) is 23.8. The molecule has 0 saturated carbocycles. The minimum atomic E-state index is -4.14. The maximum absolute atomic E-state index is 13.7. The molecule has 4 amide bonds. The third kappa shape index (κ3) is 16.8. The van der Waals surface area contributed by atoms with Gasteiger partial charge in [0, 0.05) is 21.9 Å². The van der Waals surface area contributed by atoms with Crippen LogP contribution in [0.5, 0.6) is 11.5 Å². The van der Waals surface area contributed by atoms with Crippen molar-refractivity contribution in [3.05, 3.63) is 196 Å². The Hall–Kier alpha value is -7.82. The van der Waals surface area contributed by atoms with E-state index in [1.165, 1.54) is 68.4 Å². The van der Waals surface area contributed by atoms with E-state index in [0.717, 1.165) is 17.5 Å². The number of hydrogen-bond donors (Lipinski definition) is 7. The summed E-state index contributed by atoms with van der Waals surface area (Å²) in [5.41, 5.74) is 20.6. The molecule has 0 aromatic heterocycles. The molecule has 410 valence electrons. The average Bonchev–Trinajstić information content (AvgIpc) is 3.42. The number of nitrogens with zero attached hydrogens (tertiary/aromatic N) is 1. The molecule has 0 aliphatic heterocycles. The maximum Gasteiger partial charge on any atom is 0.269 e. The van der Waals surface area contributed by atoms with Gasteiger partial charge in [-0.15, -0.1) is 24.8 Å². The fraction of sp³-hybridized carbons (Fsp3) is 0.179. The fourth-order valence-corrected chi connectivity index (χ4v) is 10.0. The van der Waals surface area contributed by atoms with Crippen LogP contribution in [0.4, 0.5) is 28.4 Å². The molecule has 0 saturated heterocycles. The van der Waals surface area contributed by atoms with Gasteiger partial charge in [0.25, 0.3) is 17.5 Å². The van der Waals surface area contributed by atoms with Crippen molar-refractivity contribution in [1.82, 2.24) is 0 Å². The van der Waals surface area contributed by atoms with E-state index in [4.69, 9.17) is 26.7 Å². The summed E-state index contributed by atoms with van der Waals surface area (Å²) >= 11 is 1.24. The Morgan fingerprint density at radius 1 is 0.603 bits per heavy atom. The number of nitro groups is 1. The number of anilines is 4. The van der Waals surface area contributed by atoms with Gasteiger partial charge < -0.3 is 47.9 Å². The molecule has 2 atom stereocenters. The number of halogens is 2. The van der Waals surface area contributed by atoms with Gasteiger partial charge in [-0.1, -0.05) is 103 Å². The Labute approximate surface area is 469 Å². The van der Waals surface area contributed by atoms with Crippen LogP contribution in [0.1, 0.15) is 51.1 Å². The number of benzene rings is 7. The second-order valence-corrected chi connectivity index (χ2v) is 20.0. The van der Waals surface area contributed by atoms with Gasteiger partial charge in [-0.25, -0.2) is 8.42 Å². The molecule has 18 nitrogen and oxygen atoms in total. The molecular formula is C56H60Cl2N8O10S2. The van der Waals surface area contributed by atoms with Gasteiger partial charge in [-0.05, 0) is 111 Å². The number of carbonyl (C=O) groups is 4. The molecule has 78 heavy (non-hydrogen) atoms. The monoisotopic (exact) mass is 1140 g/mol. The largest absolute Gasteiger partial charge is 0.495 e. The summed E-state index contributed by atoms with van der Waals surface area (Å²) in [4.78, 5) is 64.6. The summed E-state index contributed by atoms with van der Waals surface area (Å²) in [5, 5.41) is 22.0. The van der Waals surface area contributed by atoms with Crippen LogP contribution in [-0.4, -0.2) is 69.8 Å². The zero-order chi connectivity index (χ0) is 54.8. The van der Waals surface area contributed by atoms with Crippen LogP contribution in [0.3, 0.4) is 0 Å². The number of ether oxygens (including phenoxy) is 2. The standard InChI is InChI=1S/C30H29N3O5S.C26H29N5O5S.2ClH/c1-20-15-17-22(18-16-20)39(36,37)27-14-8-12-25(33-29(34)23(31)19-21-9-4-3-5-10-21)28(27)30(35)32-24-11-6-7-13-26(24)38-2;1-36-22-10-3-2-8-20(22)29-26(33)24-21(30-25(32)19(28)7-4-5-16-27)9-6-11-23(24)37-18-14-12-17(13-15-18)31(34)35;;/h3-18,23H,19,31H2,1-2H3,(H,32,35)(H,33,34);2-3,6,8-15,19H,4-5,7,16,27-28H2,1H3,(H,29,33)(H,30,32);2*1H. The van der Waals surface area contributed by atoms with Crippen LogP contribution < -0.4 is 47.9 Å². The number of methoxy groups -OCH3 is 2. The number of para-hydroxylation sites is 4. The van der Waals surface area contributed by atoms with Crippen LogP contribution >= 0.6 is 36.6 Å². The minimum absolute atomic E-state index is 0. The Balaban J connectivity index is 0.000000329. The van der Waals surface area contributed by atoms with Gasteiger partial charge in [-0.2, -0.15) is 0 Å². The van der Waals surface area contributed by atoms with Crippen molar-refractivity contribution in [2.45, 2.75) is 64.3 Å². The van der Waals surface area contributed by atoms with Gasteiger partial charge >= 0.3 is 0 Å². The quantitative estimate of drug-likeness (QED) is 0.0200. The molecule has 0 spiro atoms. The van der Waals surface area contributed by atoms with Crippen molar-refractivity contribution in [2.75, 3.05) is 42.0 Å². The first-order chi connectivity index (χ1) is 36.5. The lowest BCUT2D eigenvalue weighted by Crippen LogP contribution is -2.38. The third-order valence-electron chi connectivity index (χ3n) is 11.6. The number of amides is 4. The molecule has 0 radical (unpaired) electrons. The molecule has 22 heteroatoms. The molecule has 0 fully saturated rings. The van der Waals surface area contributed by atoms with E-state index < -0.39 is 50.5 Å². The molecule has 0 heterocycles. The van der Waals surface area contributed by atoms with Crippen LogP contribution in [0.2, 0.25) is 0 Å². The van der Waals surface area contributed by atoms with Gasteiger partial charge in [0.15, 0.2) is 0 Å². The Bertz CT molecular complexity index is 3290. The molecule has 7 aromatic carbocycles. The summed E-state index contributed by atoms with van der Waals surface area (Å²) in [6.45, 7) is 2.36. The smallest absolute Gasteiger partial charge is 0.269 e. The van der Waals surface area contributed by atoms with Crippen LogP contribution in [-0.2, 0) is 25.8 Å². The predicted molar refractivity (Wildman–Crippen MR) is 309 cm³/mol. The Kier molecular flexibility index (Phi) is 24.3. The maximum atomic E-state index is 13.7. The summed E-state index contributed by atoms with van der Waals surface area (Å²) in [7, 11) is -1.18. The van der Waals surface area contributed by atoms with Crippen molar-refractivity contribution in [2.24, 2.45) is 17.2 Å². The number of hydrogen-bond acceptors (Lipinski definition) is 14. The number of carbonyl (C=O) groups excluding carboxylic acids is 4. The van der Waals surface area contributed by atoms with Gasteiger partial charge in [0.2, 0.25) is 21.7 Å². The van der Waals surface area contributed by atoms with Crippen molar-refractivity contribution in [3.8, 4) is 11.5 Å². The molecule has 0 bridgehead atoms. The van der Waals surface area contributed by atoms with Crippen LogP contribution in [0.25, 0.3) is 0 Å².